The van der Waals surface area contributed by atoms with Gasteiger partial charge in [-0.15, -0.1) is 0 Å². The molecule has 4 nitrogen and oxygen atoms in total. The maximum absolute atomic E-state index is 13.5. The lowest BCUT2D eigenvalue weighted by Gasteiger charge is -2.12. The third-order valence-electron chi connectivity index (χ3n) is 2.69. The highest BCUT2D eigenvalue weighted by Crippen LogP contribution is 2.23. The van der Waals surface area contributed by atoms with Crippen molar-refractivity contribution in [1.82, 2.24) is 0 Å². The van der Waals surface area contributed by atoms with Gasteiger partial charge < -0.3 is 5.11 Å². The Labute approximate surface area is 118 Å². The van der Waals surface area contributed by atoms with Gasteiger partial charge in [-0.05, 0) is 11.6 Å². The molecule has 0 bridgehead atoms. The SMILES string of the molecule is O=S(=O)(Nc1cc(F)c(F)cc1F)c1ccccc1CO. The molecule has 0 saturated carbocycles. The maximum Gasteiger partial charge on any atom is 0.262 e. The van der Waals surface area contributed by atoms with Crippen LogP contribution >= 0.6 is 0 Å². The largest absolute Gasteiger partial charge is 0.392 e. The summed E-state index contributed by atoms with van der Waals surface area (Å²) in [6, 6.07) is 6.15. The molecule has 0 aliphatic carbocycles. The molecule has 0 heterocycles. The minimum atomic E-state index is -4.25. The van der Waals surface area contributed by atoms with Gasteiger partial charge in [-0.3, -0.25) is 4.72 Å². The van der Waals surface area contributed by atoms with Crippen molar-refractivity contribution in [3.8, 4) is 0 Å². The molecular weight excluding hydrogens is 307 g/mol. The molecule has 21 heavy (non-hydrogen) atoms. The van der Waals surface area contributed by atoms with Gasteiger partial charge in [-0.25, -0.2) is 21.6 Å². The van der Waals surface area contributed by atoms with Crippen LogP contribution in [-0.4, -0.2) is 13.5 Å². The second-order valence-electron chi connectivity index (χ2n) is 4.12. The molecule has 112 valence electrons. The number of anilines is 1. The summed E-state index contributed by atoms with van der Waals surface area (Å²) in [5.74, 6) is -4.06. The molecule has 0 saturated heterocycles. The van der Waals surface area contributed by atoms with E-state index in [9.17, 15) is 21.6 Å². The molecule has 8 heteroatoms. The molecule has 0 aliphatic heterocycles. The van der Waals surface area contributed by atoms with Gasteiger partial charge in [0.25, 0.3) is 10.0 Å². The van der Waals surface area contributed by atoms with E-state index in [1.807, 2.05) is 4.72 Å². The first-order chi connectivity index (χ1) is 9.85. The Balaban J connectivity index is 2.45. The van der Waals surface area contributed by atoms with Gasteiger partial charge in [0.2, 0.25) is 0 Å². The van der Waals surface area contributed by atoms with Crippen molar-refractivity contribution in [3.63, 3.8) is 0 Å². The normalized spacial score (nSPS) is 11.4. The fourth-order valence-electron chi connectivity index (χ4n) is 1.70. The Morgan fingerprint density at radius 2 is 1.62 bits per heavy atom. The Kier molecular flexibility index (Phi) is 4.19. The summed E-state index contributed by atoms with van der Waals surface area (Å²) < 4.78 is 65.4. The van der Waals surface area contributed by atoms with Gasteiger partial charge in [-0.1, -0.05) is 18.2 Å². The Bertz CT molecular complexity index is 778. The van der Waals surface area contributed by atoms with Crippen LogP contribution in [0, 0.1) is 17.5 Å². The zero-order valence-corrected chi connectivity index (χ0v) is 11.3. The van der Waals surface area contributed by atoms with Crippen LogP contribution in [0.5, 0.6) is 0 Å². The predicted octanol–water partition coefficient (Wildman–Crippen LogP) is 2.40. The van der Waals surface area contributed by atoms with Crippen LogP contribution in [-0.2, 0) is 16.6 Å². The van der Waals surface area contributed by atoms with Gasteiger partial charge in [0.05, 0.1) is 17.2 Å². The van der Waals surface area contributed by atoms with Crippen molar-refractivity contribution in [2.75, 3.05) is 4.72 Å². The van der Waals surface area contributed by atoms with E-state index in [0.29, 0.717) is 6.07 Å². The van der Waals surface area contributed by atoms with E-state index >= 15 is 0 Å². The third kappa shape index (κ3) is 3.17. The van der Waals surface area contributed by atoms with Crippen LogP contribution < -0.4 is 4.72 Å². The molecule has 0 radical (unpaired) electrons. The summed E-state index contributed by atoms with van der Waals surface area (Å²) in [6.07, 6.45) is 0. The molecule has 2 aromatic carbocycles. The van der Waals surface area contributed by atoms with Crippen LogP contribution in [0.3, 0.4) is 0 Å². The first-order valence-corrected chi connectivity index (χ1v) is 7.19. The van der Waals surface area contributed by atoms with Gasteiger partial charge in [0, 0.05) is 12.1 Å². The molecule has 2 rings (SSSR count). The summed E-state index contributed by atoms with van der Waals surface area (Å²) >= 11 is 0. The highest BCUT2D eigenvalue weighted by atomic mass is 32.2. The van der Waals surface area contributed by atoms with E-state index < -0.39 is 39.8 Å². The number of sulfonamides is 1. The number of hydrogen-bond donors (Lipinski definition) is 2. The first-order valence-electron chi connectivity index (χ1n) is 5.71. The molecular formula is C13H10F3NO3S. The van der Waals surface area contributed by atoms with Crippen molar-refractivity contribution >= 4 is 15.7 Å². The summed E-state index contributed by atoms with van der Waals surface area (Å²) in [6.45, 7) is -0.544. The van der Waals surface area contributed by atoms with E-state index in [-0.39, 0.29) is 16.5 Å². The summed E-state index contributed by atoms with van der Waals surface area (Å²) in [4.78, 5) is -0.281. The Hall–Kier alpha value is -2.06. The van der Waals surface area contributed by atoms with E-state index in [1.165, 1.54) is 24.3 Å². The zero-order valence-electron chi connectivity index (χ0n) is 10.5. The average molecular weight is 317 g/mol. The fraction of sp³-hybridized carbons (Fsp3) is 0.0769. The molecule has 2 aromatic rings. The van der Waals surface area contributed by atoms with E-state index in [2.05, 4.69) is 0 Å². The van der Waals surface area contributed by atoms with Crippen molar-refractivity contribution in [2.45, 2.75) is 11.5 Å². The van der Waals surface area contributed by atoms with Gasteiger partial charge in [0.1, 0.15) is 5.82 Å². The van der Waals surface area contributed by atoms with E-state index in [1.54, 1.807) is 0 Å². The van der Waals surface area contributed by atoms with Crippen LogP contribution in [0.2, 0.25) is 0 Å². The zero-order chi connectivity index (χ0) is 15.6. The predicted molar refractivity (Wildman–Crippen MR) is 69.5 cm³/mol. The summed E-state index contributed by atoms with van der Waals surface area (Å²) in [5, 5.41) is 9.11. The molecule has 0 amide bonds. The van der Waals surface area contributed by atoms with Gasteiger partial charge in [0.15, 0.2) is 11.6 Å². The lowest BCUT2D eigenvalue weighted by molar-refractivity contribution is 0.278. The molecule has 2 N–H and O–H groups in total. The van der Waals surface area contributed by atoms with Crippen molar-refractivity contribution in [1.29, 1.82) is 0 Å². The van der Waals surface area contributed by atoms with E-state index in [0.717, 1.165) is 0 Å². The summed E-state index contributed by atoms with van der Waals surface area (Å²) in [7, 11) is -4.25. The number of rotatable bonds is 4. The van der Waals surface area contributed by atoms with Crippen LogP contribution in [0.15, 0.2) is 41.3 Å². The Morgan fingerprint density at radius 3 is 2.29 bits per heavy atom. The highest BCUT2D eigenvalue weighted by Gasteiger charge is 2.20. The average Bonchev–Trinajstić information content (AvgIpc) is 2.44. The fourth-order valence-corrected chi connectivity index (χ4v) is 2.99. The number of aliphatic hydroxyl groups excluding tert-OH is 1. The lowest BCUT2D eigenvalue weighted by atomic mass is 10.2. The second-order valence-corrected chi connectivity index (χ2v) is 5.77. The standard InChI is InChI=1S/C13H10F3NO3S/c14-9-5-11(16)12(6-10(9)15)17-21(19,20)13-4-2-1-3-8(13)7-18/h1-6,17-18H,7H2. The first kappa shape index (κ1) is 15.3. The van der Waals surface area contributed by atoms with Crippen LogP contribution in [0.4, 0.5) is 18.9 Å². The van der Waals surface area contributed by atoms with Crippen LogP contribution in [0.25, 0.3) is 0 Å². The monoisotopic (exact) mass is 317 g/mol. The van der Waals surface area contributed by atoms with Gasteiger partial charge >= 0.3 is 0 Å². The number of nitrogens with one attached hydrogen (secondary N) is 1. The lowest BCUT2D eigenvalue weighted by Crippen LogP contribution is -2.16. The molecule has 0 spiro atoms. The summed E-state index contributed by atoms with van der Waals surface area (Å²) in [5.41, 5.74) is -0.630. The molecule has 0 atom stereocenters. The topological polar surface area (TPSA) is 66.4 Å². The van der Waals surface area contributed by atoms with Crippen LogP contribution in [0.1, 0.15) is 5.56 Å². The van der Waals surface area contributed by atoms with E-state index in [4.69, 9.17) is 5.11 Å². The minimum Gasteiger partial charge on any atom is -0.392 e. The van der Waals surface area contributed by atoms with Gasteiger partial charge in [-0.2, -0.15) is 0 Å². The molecule has 0 unspecified atom stereocenters. The minimum absolute atomic E-state index is 0.0907. The highest BCUT2D eigenvalue weighted by molar-refractivity contribution is 7.92. The molecule has 0 aromatic heterocycles. The second kappa shape index (κ2) is 5.74. The smallest absolute Gasteiger partial charge is 0.262 e. The maximum atomic E-state index is 13.5. The number of benzene rings is 2. The van der Waals surface area contributed by atoms with Crippen molar-refractivity contribution in [3.05, 3.63) is 59.4 Å². The third-order valence-corrected chi connectivity index (χ3v) is 4.15. The Morgan fingerprint density at radius 1 is 1.00 bits per heavy atom. The molecule has 0 aliphatic rings. The number of hydrogen-bond acceptors (Lipinski definition) is 3. The number of aliphatic hydroxyl groups is 1. The quantitative estimate of drug-likeness (QED) is 0.851. The number of halogens is 3. The van der Waals surface area contributed by atoms with Crippen molar-refractivity contribution < 1.29 is 26.7 Å². The molecule has 0 fully saturated rings. The van der Waals surface area contributed by atoms with Crippen molar-refractivity contribution in [2.24, 2.45) is 0 Å².